The van der Waals surface area contributed by atoms with E-state index >= 15 is 0 Å². The number of rotatable bonds is 7. The first-order valence-corrected chi connectivity index (χ1v) is 7.10. The van der Waals surface area contributed by atoms with Crippen molar-refractivity contribution in [3.63, 3.8) is 0 Å². The number of anilines is 1. The molecule has 0 aliphatic carbocycles. The van der Waals surface area contributed by atoms with Crippen LogP contribution < -0.4 is 10.1 Å². The summed E-state index contributed by atoms with van der Waals surface area (Å²) in [7, 11) is 0. The third-order valence-corrected chi connectivity index (χ3v) is 2.93. The fraction of sp³-hybridized carbons (Fsp3) is 0.176. The van der Waals surface area contributed by atoms with Gasteiger partial charge in [0.1, 0.15) is 5.75 Å². The van der Waals surface area contributed by atoms with E-state index in [9.17, 15) is 13.6 Å². The average Bonchev–Trinajstić information content (AvgIpc) is 2.55. The monoisotopic (exact) mass is 334 g/mol. The molecule has 0 unspecified atom stereocenters. The number of oxime groups is 1. The maximum Gasteiger partial charge on any atom is 0.387 e. The van der Waals surface area contributed by atoms with E-state index in [-0.39, 0.29) is 18.3 Å². The van der Waals surface area contributed by atoms with Gasteiger partial charge >= 0.3 is 6.61 Å². The third-order valence-electron chi connectivity index (χ3n) is 2.93. The van der Waals surface area contributed by atoms with E-state index in [1.54, 1.807) is 24.3 Å². The minimum Gasteiger partial charge on any atom is -0.434 e. The number of nitrogens with one attached hydrogen (secondary N) is 1. The number of carbonyl (C=O) groups excluding carboxylic acids is 1. The van der Waals surface area contributed by atoms with Crippen LogP contribution in [0.25, 0.3) is 0 Å². The maximum absolute atomic E-state index is 12.3. The van der Waals surface area contributed by atoms with Gasteiger partial charge in [-0.1, -0.05) is 35.0 Å². The Morgan fingerprint density at radius 1 is 1.21 bits per heavy atom. The molecule has 0 spiro atoms. The highest BCUT2D eigenvalue weighted by Gasteiger charge is 2.07. The first-order valence-electron chi connectivity index (χ1n) is 7.10. The molecule has 0 radical (unpaired) electrons. The van der Waals surface area contributed by atoms with E-state index in [0.717, 1.165) is 5.56 Å². The zero-order chi connectivity index (χ0) is 17.4. The molecule has 0 bridgehead atoms. The molecule has 0 aromatic heterocycles. The molecular formula is C17H16F2N2O3. The highest BCUT2D eigenvalue weighted by atomic mass is 19.3. The molecule has 0 aliphatic rings. The van der Waals surface area contributed by atoms with Gasteiger partial charge in [0.15, 0.2) is 6.61 Å². The smallest absolute Gasteiger partial charge is 0.387 e. The lowest BCUT2D eigenvalue weighted by atomic mass is 10.2. The van der Waals surface area contributed by atoms with E-state index in [1.165, 1.54) is 18.3 Å². The fourth-order valence-corrected chi connectivity index (χ4v) is 1.81. The van der Waals surface area contributed by atoms with Crippen LogP contribution in [0.3, 0.4) is 0 Å². The number of ether oxygens (including phenoxy) is 1. The van der Waals surface area contributed by atoms with Gasteiger partial charge < -0.3 is 14.9 Å². The van der Waals surface area contributed by atoms with Crippen molar-refractivity contribution in [2.75, 3.05) is 11.9 Å². The van der Waals surface area contributed by atoms with Crippen molar-refractivity contribution in [1.29, 1.82) is 0 Å². The molecule has 5 nitrogen and oxygen atoms in total. The lowest BCUT2D eigenvalue weighted by Gasteiger charge is -2.07. The standard InChI is InChI=1S/C17H16F2N2O3/c1-12-6-8-14(9-7-12)21-16(22)11-23-20-10-13-4-2-3-5-15(13)24-17(18)19/h2-10,17H,11H2,1H3,(H,21,22). The molecule has 0 fully saturated rings. The van der Waals surface area contributed by atoms with Crippen LogP contribution >= 0.6 is 0 Å². The van der Waals surface area contributed by atoms with Gasteiger partial charge in [0.05, 0.1) is 6.21 Å². The Morgan fingerprint density at radius 3 is 2.62 bits per heavy atom. The number of alkyl halides is 2. The van der Waals surface area contributed by atoms with E-state index in [1.807, 2.05) is 19.1 Å². The summed E-state index contributed by atoms with van der Waals surface area (Å²) in [4.78, 5) is 16.6. The quantitative estimate of drug-likeness (QED) is 0.622. The molecule has 0 aliphatic heterocycles. The summed E-state index contributed by atoms with van der Waals surface area (Å²) >= 11 is 0. The van der Waals surface area contributed by atoms with E-state index in [4.69, 9.17) is 4.84 Å². The predicted molar refractivity (Wildman–Crippen MR) is 86.4 cm³/mol. The summed E-state index contributed by atoms with van der Waals surface area (Å²) < 4.78 is 28.9. The summed E-state index contributed by atoms with van der Waals surface area (Å²) in [5, 5.41) is 6.24. The molecule has 126 valence electrons. The normalized spacial score (nSPS) is 10.8. The van der Waals surface area contributed by atoms with Crippen LogP contribution in [0, 0.1) is 6.92 Å². The second-order valence-electron chi connectivity index (χ2n) is 4.84. The Bertz CT molecular complexity index is 703. The van der Waals surface area contributed by atoms with E-state index in [2.05, 4.69) is 15.2 Å². The lowest BCUT2D eigenvalue weighted by molar-refractivity contribution is -0.120. The number of benzene rings is 2. The van der Waals surface area contributed by atoms with Crippen LogP contribution in [-0.4, -0.2) is 25.3 Å². The first kappa shape index (κ1) is 17.4. The molecule has 0 saturated carbocycles. The zero-order valence-electron chi connectivity index (χ0n) is 12.9. The number of aryl methyl sites for hydroxylation is 1. The fourth-order valence-electron chi connectivity index (χ4n) is 1.81. The first-order chi connectivity index (χ1) is 11.5. The molecule has 0 saturated heterocycles. The highest BCUT2D eigenvalue weighted by Crippen LogP contribution is 2.18. The Balaban J connectivity index is 1.84. The minimum absolute atomic E-state index is 0.0241. The van der Waals surface area contributed by atoms with Crippen molar-refractivity contribution in [2.24, 2.45) is 5.16 Å². The molecule has 0 atom stereocenters. The predicted octanol–water partition coefficient (Wildman–Crippen LogP) is 3.59. The van der Waals surface area contributed by atoms with Crippen molar-refractivity contribution < 1.29 is 23.1 Å². The van der Waals surface area contributed by atoms with Gasteiger partial charge in [0.25, 0.3) is 5.91 Å². The lowest BCUT2D eigenvalue weighted by Crippen LogP contribution is -2.16. The van der Waals surface area contributed by atoms with Crippen LogP contribution in [0.1, 0.15) is 11.1 Å². The number of halogens is 2. The van der Waals surface area contributed by atoms with Gasteiger partial charge in [-0.25, -0.2) is 0 Å². The maximum atomic E-state index is 12.3. The van der Waals surface area contributed by atoms with Gasteiger partial charge in [0, 0.05) is 11.3 Å². The highest BCUT2D eigenvalue weighted by molar-refractivity contribution is 5.91. The SMILES string of the molecule is Cc1ccc(NC(=O)CON=Cc2ccccc2OC(F)F)cc1. The van der Waals surface area contributed by atoms with Crippen LogP contribution in [0.5, 0.6) is 5.75 Å². The van der Waals surface area contributed by atoms with E-state index in [0.29, 0.717) is 11.3 Å². The Kier molecular flexibility index (Phi) is 6.24. The van der Waals surface area contributed by atoms with Crippen LogP contribution in [-0.2, 0) is 9.63 Å². The van der Waals surface area contributed by atoms with Gasteiger partial charge in [-0.2, -0.15) is 8.78 Å². The molecule has 2 aromatic carbocycles. The molecule has 1 amide bonds. The van der Waals surface area contributed by atoms with Gasteiger partial charge in [-0.05, 0) is 31.2 Å². The van der Waals surface area contributed by atoms with Crippen molar-refractivity contribution in [3.05, 3.63) is 59.7 Å². The second-order valence-corrected chi connectivity index (χ2v) is 4.84. The molecule has 0 heterocycles. The number of amides is 1. The number of hydrogen-bond acceptors (Lipinski definition) is 4. The number of hydrogen-bond donors (Lipinski definition) is 1. The van der Waals surface area contributed by atoms with Gasteiger partial charge in [-0.15, -0.1) is 0 Å². The summed E-state index contributed by atoms with van der Waals surface area (Å²) in [5.74, 6) is -0.405. The molecule has 24 heavy (non-hydrogen) atoms. The summed E-state index contributed by atoms with van der Waals surface area (Å²) in [6.45, 7) is -1.29. The van der Waals surface area contributed by atoms with Crippen molar-refractivity contribution in [3.8, 4) is 5.75 Å². The van der Waals surface area contributed by atoms with Gasteiger partial charge in [0.2, 0.25) is 0 Å². The van der Waals surface area contributed by atoms with Crippen LogP contribution in [0.15, 0.2) is 53.7 Å². The number of para-hydroxylation sites is 1. The average molecular weight is 334 g/mol. The van der Waals surface area contributed by atoms with Gasteiger partial charge in [-0.3, -0.25) is 4.79 Å². The second kappa shape index (κ2) is 8.61. The molecule has 7 heteroatoms. The topological polar surface area (TPSA) is 59.9 Å². The van der Waals surface area contributed by atoms with Crippen molar-refractivity contribution in [1.82, 2.24) is 0 Å². The Hall–Kier alpha value is -2.96. The zero-order valence-corrected chi connectivity index (χ0v) is 12.9. The summed E-state index contributed by atoms with van der Waals surface area (Å²) in [5.41, 5.74) is 2.05. The third kappa shape index (κ3) is 5.68. The Morgan fingerprint density at radius 2 is 1.92 bits per heavy atom. The van der Waals surface area contributed by atoms with Crippen molar-refractivity contribution in [2.45, 2.75) is 13.5 Å². The van der Waals surface area contributed by atoms with Crippen LogP contribution in [0.4, 0.5) is 14.5 Å². The van der Waals surface area contributed by atoms with Crippen LogP contribution in [0.2, 0.25) is 0 Å². The molecule has 2 aromatic rings. The minimum atomic E-state index is -2.93. The largest absolute Gasteiger partial charge is 0.434 e. The summed E-state index contributed by atoms with van der Waals surface area (Å²) in [6.07, 6.45) is 1.21. The molecule has 1 N–H and O–H groups in total. The van der Waals surface area contributed by atoms with E-state index < -0.39 is 6.61 Å². The van der Waals surface area contributed by atoms with Crippen molar-refractivity contribution >= 4 is 17.8 Å². The number of nitrogens with zero attached hydrogens (tertiary/aromatic N) is 1. The molecule has 2 rings (SSSR count). The Labute approximate surface area is 137 Å². The molecular weight excluding hydrogens is 318 g/mol. The summed E-state index contributed by atoms with van der Waals surface area (Å²) in [6, 6.07) is 13.4. The number of carbonyl (C=O) groups is 1.